The Morgan fingerprint density at radius 1 is 1.63 bits per heavy atom. The van der Waals surface area contributed by atoms with E-state index in [1.807, 2.05) is 13.0 Å². The van der Waals surface area contributed by atoms with Crippen LogP contribution in [0.5, 0.6) is 0 Å². The lowest BCUT2D eigenvalue weighted by Gasteiger charge is -2.09. The van der Waals surface area contributed by atoms with E-state index >= 15 is 0 Å². The molecule has 1 heterocycles. The van der Waals surface area contributed by atoms with Crippen LogP contribution < -0.4 is 11.1 Å². The molecule has 0 aliphatic rings. The van der Waals surface area contributed by atoms with Gasteiger partial charge in [0.25, 0.3) is 5.91 Å². The van der Waals surface area contributed by atoms with Crippen LogP contribution in [0.1, 0.15) is 23.0 Å². The molecule has 0 aliphatic heterocycles. The summed E-state index contributed by atoms with van der Waals surface area (Å²) in [5.74, 6) is 2.29. The number of hydrogen-bond donors (Lipinski definition) is 2. The van der Waals surface area contributed by atoms with Crippen LogP contribution in [0, 0.1) is 12.3 Å². The maximum atomic E-state index is 12.1. The summed E-state index contributed by atoms with van der Waals surface area (Å²) in [4.78, 5) is 12.6. The molecule has 19 heavy (non-hydrogen) atoms. The summed E-state index contributed by atoms with van der Waals surface area (Å²) in [7, 11) is 0. The van der Waals surface area contributed by atoms with Crippen molar-refractivity contribution < 1.29 is 4.79 Å². The van der Waals surface area contributed by atoms with Crippen LogP contribution in [0.25, 0.3) is 10.1 Å². The van der Waals surface area contributed by atoms with Crippen molar-refractivity contribution in [1.29, 1.82) is 0 Å². The van der Waals surface area contributed by atoms with Crippen LogP contribution in [0.3, 0.4) is 0 Å². The van der Waals surface area contributed by atoms with Crippen LogP contribution in [-0.2, 0) is 0 Å². The number of fused-ring (bicyclic) bond motifs is 1. The summed E-state index contributed by atoms with van der Waals surface area (Å²) >= 11 is 7.27. The van der Waals surface area contributed by atoms with Gasteiger partial charge in [0.1, 0.15) is 4.88 Å². The summed E-state index contributed by atoms with van der Waals surface area (Å²) in [6, 6.07) is 5.12. The third-order valence-corrected chi connectivity index (χ3v) is 4.23. The number of carbonyl (C=O) groups is 1. The van der Waals surface area contributed by atoms with Gasteiger partial charge in [-0.05, 0) is 24.6 Å². The predicted octanol–water partition coefficient (Wildman–Crippen LogP) is 3.28. The third kappa shape index (κ3) is 2.67. The zero-order valence-electron chi connectivity index (χ0n) is 10.4. The van der Waals surface area contributed by atoms with Crippen molar-refractivity contribution in [1.82, 2.24) is 5.32 Å². The zero-order chi connectivity index (χ0) is 14.0. The highest BCUT2D eigenvalue weighted by Gasteiger charge is 2.18. The first kappa shape index (κ1) is 13.7. The topological polar surface area (TPSA) is 55.1 Å². The van der Waals surface area contributed by atoms with Gasteiger partial charge in [0, 0.05) is 15.1 Å². The van der Waals surface area contributed by atoms with Crippen LogP contribution >= 0.6 is 22.9 Å². The van der Waals surface area contributed by atoms with Gasteiger partial charge in [-0.3, -0.25) is 4.79 Å². The average molecular weight is 293 g/mol. The molecule has 3 N–H and O–H groups in total. The second-order valence-electron chi connectivity index (χ2n) is 4.09. The molecule has 2 aromatic rings. The predicted molar refractivity (Wildman–Crippen MR) is 81.6 cm³/mol. The molecule has 0 radical (unpaired) electrons. The first-order valence-corrected chi connectivity index (χ1v) is 7.00. The van der Waals surface area contributed by atoms with E-state index in [0.29, 0.717) is 22.0 Å². The number of hydrogen-bond acceptors (Lipinski definition) is 3. The molecule has 98 valence electrons. The maximum absolute atomic E-state index is 12.1. The smallest absolute Gasteiger partial charge is 0.264 e. The molecule has 0 bridgehead atoms. The molecular weight excluding hydrogens is 280 g/mol. The molecule has 1 amide bonds. The highest BCUT2D eigenvalue weighted by atomic mass is 35.5. The molecule has 0 aliphatic carbocycles. The van der Waals surface area contributed by atoms with Crippen molar-refractivity contribution in [2.75, 3.05) is 5.73 Å². The summed E-state index contributed by atoms with van der Waals surface area (Å²) < 4.78 is 0.931. The van der Waals surface area contributed by atoms with Crippen molar-refractivity contribution in [2.45, 2.75) is 19.4 Å². The molecule has 1 unspecified atom stereocenters. The third-order valence-electron chi connectivity index (χ3n) is 2.81. The normalized spacial score (nSPS) is 12.1. The number of nitrogens with two attached hydrogens (primary N) is 1. The highest BCUT2D eigenvalue weighted by Crippen LogP contribution is 2.35. The Morgan fingerprint density at radius 3 is 3.00 bits per heavy atom. The minimum absolute atomic E-state index is 0.236. The van der Waals surface area contributed by atoms with E-state index in [-0.39, 0.29) is 11.9 Å². The zero-order valence-corrected chi connectivity index (χ0v) is 11.9. The van der Waals surface area contributed by atoms with E-state index < -0.39 is 0 Å². The largest absolute Gasteiger partial charge is 0.397 e. The lowest BCUT2D eigenvalue weighted by Crippen LogP contribution is -2.33. The molecule has 2 rings (SSSR count). The van der Waals surface area contributed by atoms with Gasteiger partial charge >= 0.3 is 0 Å². The highest BCUT2D eigenvalue weighted by molar-refractivity contribution is 7.21. The fourth-order valence-electron chi connectivity index (χ4n) is 1.74. The van der Waals surface area contributed by atoms with E-state index in [9.17, 15) is 4.79 Å². The van der Waals surface area contributed by atoms with Gasteiger partial charge in [-0.15, -0.1) is 17.8 Å². The molecule has 1 atom stereocenters. The minimum atomic E-state index is -0.277. The summed E-state index contributed by atoms with van der Waals surface area (Å²) in [6.07, 6.45) is 6.01. The van der Waals surface area contributed by atoms with Crippen LogP contribution in [0.15, 0.2) is 18.2 Å². The minimum Gasteiger partial charge on any atom is -0.397 e. The number of halogens is 1. The SMILES string of the molecule is C#CC(CC)NC(=O)c1sc2ccc(Cl)cc2c1N. The van der Waals surface area contributed by atoms with Gasteiger partial charge in [-0.2, -0.15) is 0 Å². The van der Waals surface area contributed by atoms with Gasteiger partial charge in [0.2, 0.25) is 0 Å². The Balaban J connectivity index is 2.38. The quantitative estimate of drug-likeness (QED) is 0.853. The van der Waals surface area contributed by atoms with Crippen molar-refractivity contribution in [3.8, 4) is 12.3 Å². The number of amides is 1. The second-order valence-corrected chi connectivity index (χ2v) is 5.57. The number of nitrogens with one attached hydrogen (secondary N) is 1. The van der Waals surface area contributed by atoms with Crippen LogP contribution in [0.2, 0.25) is 5.02 Å². The van der Waals surface area contributed by atoms with Crippen molar-refractivity contribution in [3.63, 3.8) is 0 Å². The monoisotopic (exact) mass is 292 g/mol. The fraction of sp³-hybridized carbons (Fsp3) is 0.214. The molecule has 0 saturated heterocycles. The molecule has 0 spiro atoms. The standard InChI is InChI=1S/C14H13ClN2OS/c1-3-9(4-2)17-14(18)13-12(16)10-7-8(15)5-6-11(10)19-13/h1,5-7,9H,4,16H2,2H3,(H,17,18). The van der Waals surface area contributed by atoms with Gasteiger partial charge < -0.3 is 11.1 Å². The van der Waals surface area contributed by atoms with E-state index in [1.54, 1.807) is 12.1 Å². The lowest BCUT2D eigenvalue weighted by molar-refractivity contribution is 0.0950. The summed E-state index contributed by atoms with van der Waals surface area (Å²) in [5.41, 5.74) is 6.46. The van der Waals surface area contributed by atoms with E-state index in [1.165, 1.54) is 11.3 Å². The number of terminal acetylenes is 1. The Bertz CT molecular complexity index is 672. The molecular formula is C14H13ClN2OS. The van der Waals surface area contributed by atoms with Crippen LogP contribution in [-0.4, -0.2) is 11.9 Å². The first-order chi connectivity index (χ1) is 9.06. The molecule has 1 aromatic carbocycles. The summed E-state index contributed by atoms with van der Waals surface area (Å²) in [6.45, 7) is 1.92. The van der Waals surface area contributed by atoms with Crippen molar-refractivity contribution >= 4 is 44.6 Å². The van der Waals surface area contributed by atoms with Crippen molar-refractivity contribution in [3.05, 3.63) is 28.1 Å². The number of benzene rings is 1. The number of nitrogen functional groups attached to an aromatic ring is 1. The molecule has 0 saturated carbocycles. The van der Waals surface area contributed by atoms with Crippen molar-refractivity contribution in [2.24, 2.45) is 0 Å². The maximum Gasteiger partial charge on any atom is 0.264 e. The molecule has 5 heteroatoms. The van der Waals surface area contributed by atoms with Gasteiger partial charge in [-0.25, -0.2) is 0 Å². The number of rotatable bonds is 3. The molecule has 3 nitrogen and oxygen atoms in total. The summed E-state index contributed by atoms with van der Waals surface area (Å²) in [5, 5.41) is 4.17. The Kier molecular flexibility index (Phi) is 3.98. The fourth-order valence-corrected chi connectivity index (χ4v) is 2.92. The molecule has 1 aromatic heterocycles. The number of thiophene rings is 1. The van der Waals surface area contributed by atoms with Crippen LogP contribution in [0.4, 0.5) is 5.69 Å². The second kappa shape index (κ2) is 5.52. The van der Waals surface area contributed by atoms with Gasteiger partial charge in [-0.1, -0.05) is 24.4 Å². The number of anilines is 1. The van der Waals surface area contributed by atoms with E-state index in [4.69, 9.17) is 23.8 Å². The van der Waals surface area contributed by atoms with Gasteiger partial charge in [0.15, 0.2) is 0 Å². The molecule has 0 fully saturated rings. The Morgan fingerprint density at radius 2 is 2.37 bits per heavy atom. The Labute approximate surface area is 120 Å². The Hall–Kier alpha value is -1.70. The van der Waals surface area contributed by atoms with E-state index in [0.717, 1.165) is 10.1 Å². The average Bonchev–Trinajstić information content (AvgIpc) is 2.73. The number of carbonyl (C=O) groups excluding carboxylic acids is 1. The van der Waals surface area contributed by atoms with E-state index in [2.05, 4.69) is 11.2 Å². The lowest BCUT2D eigenvalue weighted by atomic mass is 10.2. The first-order valence-electron chi connectivity index (χ1n) is 5.81. The van der Waals surface area contributed by atoms with Gasteiger partial charge in [0.05, 0.1) is 11.7 Å².